The van der Waals surface area contributed by atoms with Gasteiger partial charge < -0.3 is 15.8 Å². The summed E-state index contributed by atoms with van der Waals surface area (Å²) in [4.78, 5) is 23.6. The van der Waals surface area contributed by atoms with Gasteiger partial charge in [0.1, 0.15) is 6.04 Å². The highest BCUT2D eigenvalue weighted by Crippen LogP contribution is 1.97. The molecule has 1 aromatic rings. The molecule has 0 spiro atoms. The third-order valence-corrected chi connectivity index (χ3v) is 1.61. The third-order valence-electron chi connectivity index (χ3n) is 1.61. The first-order valence-corrected chi connectivity index (χ1v) is 3.75. The molecule has 0 fully saturated rings. The summed E-state index contributed by atoms with van der Waals surface area (Å²) in [5, 5.41) is 8.50. The van der Waals surface area contributed by atoms with Gasteiger partial charge in [-0.1, -0.05) is 0 Å². The van der Waals surface area contributed by atoms with Crippen molar-refractivity contribution >= 4 is 5.97 Å². The smallest absolute Gasteiger partial charge is 0.320 e. The molecule has 0 aliphatic heterocycles. The lowest BCUT2D eigenvalue weighted by molar-refractivity contribution is -0.138. The van der Waals surface area contributed by atoms with E-state index in [9.17, 15) is 9.59 Å². The largest absolute Gasteiger partial charge is 0.480 e. The first kappa shape index (κ1) is 9.47. The van der Waals surface area contributed by atoms with Crippen molar-refractivity contribution < 1.29 is 9.90 Å². The van der Waals surface area contributed by atoms with Gasteiger partial charge in [-0.05, 0) is 18.1 Å². The van der Waals surface area contributed by atoms with Crippen molar-refractivity contribution in [3.05, 3.63) is 34.2 Å². The van der Waals surface area contributed by atoms with E-state index in [1.165, 1.54) is 12.3 Å². The molecule has 70 valence electrons. The molecule has 13 heavy (non-hydrogen) atoms. The highest BCUT2D eigenvalue weighted by atomic mass is 16.4. The number of carboxylic acid groups (broad SMARTS) is 1. The maximum Gasteiger partial charge on any atom is 0.320 e. The Morgan fingerprint density at radius 2 is 2.38 bits per heavy atom. The molecule has 1 aromatic heterocycles. The molecule has 4 N–H and O–H groups in total. The van der Waals surface area contributed by atoms with Crippen LogP contribution in [0.15, 0.2) is 23.1 Å². The molecule has 0 amide bonds. The number of carboxylic acids is 1. The summed E-state index contributed by atoms with van der Waals surface area (Å²) in [6.07, 6.45) is 1.63. The van der Waals surface area contributed by atoms with Crippen molar-refractivity contribution in [3.8, 4) is 0 Å². The summed E-state index contributed by atoms with van der Waals surface area (Å²) >= 11 is 0. The summed E-state index contributed by atoms with van der Waals surface area (Å²) in [6.45, 7) is 0. The lowest BCUT2D eigenvalue weighted by atomic mass is 10.1. The van der Waals surface area contributed by atoms with Gasteiger partial charge in [0.25, 0.3) is 0 Å². The van der Waals surface area contributed by atoms with Crippen LogP contribution in [-0.2, 0) is 11.2 Å². The third kappa shape index (κ3) is 2.72. The topological polar surface area (TPSA) is 96.2 Å². The minimum Gasteiger partial charge on any atom is -0.480 e. The predicted octanol–water partition coefficient (Wildman–Crippen LogP) is -0.671. The minimum absolute atomic E-state index is 0.166. The van der Waals surface area contributed by atoms with E-state index in [2.05, 4.69) is 4.98 Å². The van der Waals surface area contributed by atoms with Crippen LogP contribution in [0.3, 0.4) is 0 Å². The quantitative estimate of drug-likeness (QED) is 0.577. The number of aromatic nitrogens is 1. The fourth-order valence-corrected chi connectivity index (χ4v) is 0.957. The second-order valence-electron chi connectivity index (χ2n) is 2.71. The van der Waals surface area contributed by atoms with Gasteiger partial charge in [0, 0.05) is 12.3 Å². The van der Waals surface area contributed by atoms with Crippen LogP contribution < -0.4 is 11.3 Å². The number of carbonyl (C=O) groups is 1. The number of aromatic amines is 1. The fraction of sp³-hybridized carbons (Fsp3) is 0.250. The van der Waals surface area contributed by atoms with Crippen LogP contribution in [0.2, 0.25) is 0 Å². The summed E-state index contributed by atoms with van der Waals surface area (Å²) < 4.78 is 0. The zero-order valence-corrected chi connectivity index (χ0v) is 6.86. The van der Waals surface area contributed by atoms with E-state index < -0.39 is 12.0 Å². The molecule has 1 rings (SSSR count). The molecule has 0 saturated heterocycles. The molecular weight excluding hydrogens is 172 g/mol. The molecular formula is C8H10N2O3. The van der Waals surface area contributed by atoms with Crippen LogP contribution in [-0.4, -0.2) is 22.1 Å². The molecule has 5 nitrogen and oxygen atoms in total. The number of hydrogen-bond acceptors (Lipinski definition) is 3. The molecule has 0 aromatic carbocycles. The highest BCUT2D eigenvalue weighted by Gasteiger charge is 2.11. The van der Waals surface area contributed by atoms with Gasteiger partial charge in [0.05, 0.1) is 0 Å². The van der Waals surface area contributed by atoms with Gasteiger partial charge in [-0.25, -0.2) is 0 Å². The minimum atomic E-state index is -1.07. The van der Waals surface area contributed by atoms with Crippen LogP contribution in [0, 0.1) is 0 Å². The van der Waals surface area contributed by atoms with Crippen LogP contribution in [0.5, 0.6) is 0 Å². The number of aliphatic carboxylic acids is 1. The monoisotopic (exact) mass is 182 g/mol. The van der Waals surface area contributed by atoms with Gasteiger partial charge in [-0.3, -0.25) is 9.59 Å². The number of rotatable bonds is 3. The first-order valence-electron chi connectivity index (χ1n) is 3.75. The summed E-state index contributed by atoms with van der Waals surface area (Å²) in [5.41, 5.74) is 5.66. The zero-order chi connectivity index (χ0) is 9.84. The molecule has 0 radical (unpaired) electrons. The number of hydrogen-bond donors (Lipinski definition) is 3. The molecule has 0 unspecified atom stereocenters. The average molecular weight is 182 g/mol. The summed E-state index contributed by atoms with van der Waals surface area (Å²) in [7, 11) is 0. The van der Waals surface area contributed by atoms with Crippen molar-refractivity contribution in [2.24, 2.45) is 5.73 Å². The van der Waals surface area contributed by atoms with E-state index in [0.29, 0.717) is 5.56 Å². The maximum absolute atomic E-state index is 10.8. The van der Waals surface area contributed by atoms with Gasteiger partial charge in [-0.2, -0.15) is 0 Å². The van der Waals surface area contributed by atoms with Crippen molar-refractivity contribution in [1.82, 2.24) is 4.98 Å². The molecule has 1 heterocycles. The Morgan fingerprint density at radius 1 is 1.69 bits per heavy atom. The Kier molecular flexibility index (Phi) is 2.81. The predicted molar refractivity (Wildman–Crippen MR) is 46.4 cm³/mol. The fourth-order valence-electron chi connectivity index (χ4n) is 0.957. The maximum atomic E-state index is 10.8. The van der Waals surface area contributed by atoms with Gasteiger partial charge in [-0.15, -0.1) is 0 Å². The van der Waals surface area contributed by atoms with Crippen molar-refractivity contribution in [2.45, 2.75) is 12.5 Å². The van der Waals surface area contributed by atoms with Gasteiger partial charge >= 0.3 is 5.97 Å². The van der Waals surface area contributed by atoms with Crippen molar-refractivity contribution in [1.29, 1.82) is 0 Å². The van der Waals surface area contributed by atoms with Gasteiger partial charge in [0.2, 0.25) is 5.56 Å². The van der Waals surface area contributed by atoms with Crippen molar-refractivity contribution in [3.63, 3.8) is 0 Å². The van der Waals surface area contributed by atoms with Crippen LogP contribution in [0.4, 0.5) is 0 Å². The van der Waals surface area contributed by atoms with Crippen LogP contribution in [0.25, 0.3) is 0 Å². The Hall–Kier alpha value is -1.62. The van der Waals surface area contributed by atoms with Crippen molar-refractivity contribution in [2.75, 3.05) is 0 Å². The highest BCUT2D eigenvalue weighted by molar-refractivity contribution is 5.73. The van der Waals surface area contributed by atoms with Crippen LogP contribution >= 0.6 is 0 Å². The van der Waals surface area contributed by atoms with E-state index in [0.717, 1.165) is 0 Å². The van der Waals surface area contributed by atoms with E-state index in [-0.39, 0.29) is 12.0 Å². The molecule has 5 heteroatoms. The van der Waals surface area contributed by atoms with Gasteiger partial charge in [0.15, 0.2) is 0 Å². The Morgan fingerprint density at radius 3 is 2.92 bits per heavy atom. The Balaban J connectivity index is 2.75. The standard InChI is InChI=1S/C8H10N2O3/c9-6(8(12)13)3-5-1-2-10-7(11)4-5/h1-2,4,6H,3,9H2,(H,10,11)(H,12,13)/t6-/m1/s1. The average Bonchev–Trinajstić information content (AvgIpc) is 2.04. The molecule has 1 atom stereocenters. The summed E-state index contributed by atoms with van der Waals surface area (Å²) in [6, 6.07) is 2.01. The van der Waals surface area contributed by atoms with Crippen LogP contribution in [0.1, 0.15) is 5.56 Å². The van der Waals surface area contributed by atoms with E-state index in [4.69, 9.17) is 10.8 Å². The summed E-state index contributed by atoms with van der Waals surface area (Å²) in [5.74, 6) is -1.07. The molecule has 0 aliphatic rings. The second-order valence-corrected chi connectivity index (χ2v) is 2.71. The SMILES string of the molecule is N[C@H](Cc1cc[nH]c(=O)c1)C(=O)O. The first-order chi connectivity index (χ1) is 6.09. The van der Waals surface area contributed by atoms with E-state index in [1.54, 1.807) is 6.07 Å². The number of H-pyrrole nitrogens is 1. The van der Waals surface area contributed by atoms with E-state index >= 15 is 0 Å². The Labute approximate surface area is 74.2 Å². The zero-order valence-electron chi connectivity index (χ0n) is 6.86. The number of nitrogens with two attached hydrogens (primary N) is 1. The number of pyridine rings is 1. The molecule has 0 aliphatic carbocycles. The molecule has 0 saturated carbocycles. The number of nitrogens with one attached hydrogen (secondary N) is 1. The second kappa shape index (κ2) is 3.86. The van der Waals surface area contributed by atoms with E-state index in [1.807, 2.05) is 0 Å². The Bertz CT molecular complexity index is 358. The lowest BCUT2D eigenvalue weighted by Crippen LogP contribution is -2.32. The lowest BCUT2D eigenvalue weighted by Gasteiger charge is -2.04. The molecule has 0 bridgehead atoms. The normalized spacial score (nSPS) is 12.4.